The molecule has 0 bridgehead atoms. The molecule has 11 heavy (non-hydrogen) atoms. The van der Waals surface area contributed by atoms with Crippen LogP contribution in [-0.4, -0.2) is 27.9 Å². The predicted molar refractivity (Wildman–Crippen MR) is 52.4 cm³/mol. The van der Waals surface area contributed by atoms with Gasteiger partial charge in [0.05, 0.1) is 6.10 Å². The Morgan fingerprint density at radius 2 is 2.09 bits per heavy atom. The lowest BCUT2D eigenvalue weighted by molar-refractivity contribution is 0.165. The van der Waals surface area contributed by atoms with Gasteiger partial charge in [0.1, 0.15) is 6.04 Å². The highest BCUT2D eigenvalue weighted by atomic mass is 79.9. The monoisotopic (exact) mass is 287 g/mol. The highest BCUT2D eigenvalue weighted by molar-refractivity contribution is 9.09. The highest BCUT2D eigenvalue weighted by Crippen LogP contribution is 2.10. The second-order valence-electron chi connectivity index (χ2n) is 2.23. The largest absolute Gasteiger partial charge is 0.390 e. The van der Waals surface area contributed by atoms with Crippen molar-refractivity contribution in [3.8, 4) is 0 Å². The lowest BCUT2D eigenvalue weighted by Gasteiger charge is -2.12. The summed E-state index contributed by atoms with van der Waals surface area (Å²) in [6.45, 7) is 0. The van der Waals surface area contributed by atoms with Crippen LogP contribution in [0.4, 0.5) is 0 Å². The van der Waals surface area contributed by atoms with Crippen LogP contribution in [0.1, 0.15) is 12.8 Å². The summed E-state index contributed by atoms with van der Waals surface area (Å²) < 4.78 is 0. The number of aliphatic hydroxyl groups is 1. The number of nitroso groups, excluding NO2 is 1. The van der Waals surface area contributed by atoms with E-state index >= 15 is 0 Å². The van der Waals surface area contributed by atoms with E-state index in [1.54, 1.807) is 0 Å². The molecule has 0 aliphatic rings. The molecule has 0 fully saturated rings. The van der Waals surface area contributed by atoms with Gasteiger partial charge in [-0.25, -0.2) is 0 Å². The van der Waals surface area contributed by atoms with Crippen LogP contribution < -0.4 is 0 Å². The topological polar surface area (TPSA) is 49.7 Å². The third-order valence-electron chi connectivity index (χ3n) is 1.37. The minimum absolute atomic E-state index is 0.408. The van der Waals surface area contributed by atoms with Crippen molar-refractivity contribution in [1.29, 1.82) is 0 Å². The lowest BCUT2D eigenvalue weighted by atomic mass is 10.1. The maximum Gasteiger partial charge on any atom is 0.119 e. The number of hydrogen-bond donors (Lipinski definition) is 1. The zero-order chi connectivity index (χ0) is 8.69. The molecule has 1 N–H and O–H groups in total. The molecule has 5 heteroatoms. The van der Waals surface area contributed by atoms with Gasteiger partial charge in [-0.05, 0) is 12.8 Å². The summed E-state index contributed by atoms with van der Waals surface area (Å²) in [4.78, 5) is 10.2. The molecule has 0 heterocycles. The first-order valence-corrected chi connectivity index (χ1v) is 5.63. The molecular weight excluding hydrogens is 278 g/mol. The molecule has 0 saturated carbocycles. The van der Waals surface area contributed by atoms with Gasteiger partial charge in [0.15, 0.2) is 0 Å². The van der Waals surface area contributed by atoms with E-state index in [1.165, 1.54) is 0 Å². The normalized spacial score (nSPS) is 15.9. The van der Waals surface area contributed by atoms with E-state index in [0.717, 1.165) is 11.8 Å². The molecule has 3 nitrogen and oxygen atoms in total. The second kappa shape index (κ2) is 7.18. The van der Waals surface area contributed by atoms with Crippen molar-refractivity contribution >= 4 is 31.9 Å². The number of hydrogen-bond acceptors (Lipinski definition) is 3. The van der Waals surface area contributed by atoms with Crippen LogP contribution in [0.15, 0.2) is 5.18 Å². The molecule has 0 radical (unpaired) electrons. The van der Waals surface area contributed by atoms with Crippen molar-refractivity contribution in [2.24, 2.45) is 5.18 Å². The van der Waals surface area contributed by atoms with E-state index in [-0.39, 0.29) is 0 Å². The van der Waals surface area contributed by atoms with Gasteiger partial charge in [-0.1, -0.05) is 37.0 Å². The van der Waals surface area contributed by atoms with Crippen molar-refractivity contribution in [3.63, 3.8) is 0 Å². The van der Waals surface area contributed by atoms with Crippen LogP contribution in [0.5, 0.6) is 0 Å². The predicted octanol–water partition coefficient (Wildman–Crippen LogP) is 2.05. The van der Waals surface area contributed by atoms with Gasteiger partial charge in [-0.15, -0.1) is 0 Å². The van der Waals surface area contributed by atoms with Gasteiger partial charge in [-0.3, -0.25) is 0 Å². The van der Waals surface area contributed by atoms with Crippen molar-refractivity contribution in [2.75, 3.05) is 10.7 Å². The first kappa shape index (κ1) is 11.5. The average Bonchev–Trinajstić information content (AvgIpc) is 2.05. The molecule has 0 aromatic heterocycles. The summed E-state index contributed by atoms with van der Waals surface area (Å²) in [5, 5.41) is 13.3. The standard InChI is InChI=1S/C6H11Br2NO2/c7-3-1-2-5(9-11)6(10)4-8/h5-6,10H,1-4H2. The zero-order valence-corrected chi connectivity index (χ0v) is 9.21. The molecule has 2 atom stereocenters. The van der Waals surface area contributed by atoms with Crippen molar-refractivity contribution in [3.05, 3.63) is 4.91 Å². The molecule has 0 aliphatic heterocycles. The van der Waals surface area contributed by atoms with E-state index in [1.807, 2.05) is 0 Å². The Bertz CT molecular complexity index is 113. The average molecular weight is 289 g/mol. The number of aliphatic hydroxyl groups excluding tert-OH is 1. The Hall–Kier alpha value is 0.520. The van der Waals surface area contributed by atoms with Gasteiger partial charge < -0.3 is 5.11 Å². The lowest BCUT2D eigenvalue weighted by Crippen LogP contribution is -2.25. The van der Waals surface area contributed by atoms with E-state index in [4.69, 9.17) is 0 Å². The fourth-order valence-electron chi connectivity index (χ4n) is 0.704. The molecule has 0 saturated heterocycles. The molecule has 0 spiro atoms. The van der Waals surface area contributed by atoms with Crippen molar-refractivity contribution in [1.82, 2.24) is 0 Å². The van der Waals surface area contributed by atoms with Crippen molar-refractivity contribution in [2.45, 2.75) is 25.0 Å². The van der Waals surface area contributed by atoms with E-state index in [0.29, 0.717) is 11.8 Å². The Kier molecular flexibility index (Phi) is 7.52. The minimum atomic E-state index is -0.647. The molecule has 66 valence electrons. The summed E-state index contributed by atoms with van der Waals surface area (Å²) in [5.74, 6) is 0. The third-order valence-corrected chi connectivity index (χ3v) is 2.60. The first-order chi connectivity index (χ1) is 5.26. The Morgan fingerprint density at radius 3 is 2.45 bits per heavy atom. The van der Waals surface area contributed by atoms with Crippen LogP contribution in [0.25, 0.3) is 0 Å². The second-order valence-corrected chi connectivity index (χ2v) is 3.67. The number of halogens is 2. The zero-order valence-electron chi connectivity index (χ0n) is 6.04. The summed E-state index contributed by atoms with van der Waals surface area (Å²) in [6.07, 6.45) is 0.855. The third kappa shape index (κ3) is 4.87. The highest BCUT2D eigenvalue weighted by Gasteiger charge is 2.17. The molecule has 2 unspecified atom stereocenters. The molecule has 0 aliphatic carbocycles. The molecule has 0 amide bonds. The summed E-state index contributed by atoms with van der Waals surface area (Å²) >= 11 is 6.33. The quantitative estimate of drug-likeness (QED) is 0.601. The molecule has 0 aromatic carbocycles. The number of nitrogens with zero attached hydrogens (tertiary/aromatic N) is 1. The summed E-state index contributed by atoms with van der Waals surface area (Å²) in [7, 11) is 0. The van der Waals surface area contributed by atoms with Gasteiger partial charge in [-0.2, -0.15) is 4.91 Å². The fourth-order valence-corrected chi connectivity index (χ4v) is 1.46. The van der Waals surface area contributed by atoms with Gasteiger partial charge in [0, 0.05) is 10.7 Å². The Morgan fingerprint density at radius 1 is 1.45 bits per heavy atom. The fraction of sp³-hybridized carbons (Fsp3) is 1.00. The Labute approximate surface area is 82.8 Å². The summed E-state index contributed by atoms with van der Waals surface area (Å²) in [5.41, 5.74) is 0. The number of rotatable bonds is 6. The maximum atomic E-state index is 10.2. The molecular formula is C6H11Br2NO2. The van der Waals surface area contributed by atoms with E-state index in [2.05, 4.69) is 37.0 Å². The summed E-state index contributed by atoms with van der Waals surface area (Å²) in [6, 6.07) is -0.466. The van der Waals surface area contributed by atoms with Crippen LogP contribution in [0.2, 0.25) is 0 Å². The number of alkyl halides is 2. The smallest absolute Gasteiger partial charge is 0.119 e. The van der Waals surface area contributed by atoms with Crippen LogP contribution in [0, 0.1) is 4.91 Å². The van der Waals surface area contributed by atoms with Crippen LogP contribution >= 0.6 is 31.9 Å². The van der Waals surface area contributed by atoms with Crippen LogP contribution in [-0.2, 0) is 0 Å². The minimum Gasteiger partial charge on any atom is -0.390 e. The maximum absolute atomic E-state index is 10.2. The first-order valence-electron chi connectivity index (χ1n) is 3.38. The Balaban J connectivity index is 3.65. The van der Waals surface area contributed by atoms with Crippen molar-refractivity contribution < 1.29 is 5.11 Å². The van der Waals surface area contributed by atoms with Gasteiger partial charge in [0.25, 0.3) is 0 Å². The molecule has 0 rings (SSSR count). The molecule has 0 aromatic rings. The SMILES string of the molecule is O=NC(CCCBr)C(O)CBr. The van der Waals surface area contributed by atoms with E-state index in [9.17, 15) is 10.0 Å². The van der Waals surface area contributed by atoms with E-state index < -0.39 is 12.1 Å². The van der Waals surface area contributed by atoms with Gasteiger partial charge >= 0.3 is 0 Å². The van der Waals surface area contributed by atoms with Crippen LogP contribution in [0.3, 0.4) is 0 Å². The van der Waals surface area contributed by atoms with Gasteiger partial charge in [0.2, 0.25) is 0 Å².